The van der Waals surface area contributed by atoms with Crippen LogP contribution in [0.4, 0.5) is 0 Å². The van der Waals surface area contributed by atoms with Crippen LogP contribution in [0.5, 0.6) is 0 Å². The van der Waals surface area contributed by atoms with Crippen LogP contribution in [0.15, 0.2) is 41.3 Å². The first-order valence-corrected chi connectivity index (χ1v) is 6.74. The van der Waals surface area contributed by atoms with Gasteiger partial charge in [-0.25, -0.2) is 4.98 Å². The number of benzene rings is 1. The minimum atomic E-state index is 0.0351. The first kappa shape index (κ1) is 12.7. The molecule has 0 amide bonds. The minimum absolute atomic E-state index is 0.0351. The monoisotopic (exact) mass is 267 g/mol. The summed E-state index contributed by atoms with van der Waals surface area (Å²) < 4.78 is 3.79. The summed E-state index contributed by atoms with van der Waals surface area (Å²) in [6.07, 6.45) is 1.85. The molecule has 4 heteroatoms. The molecule has 0 unspecified atom stereocenters. The number of aryl methyl sites for hydroxylation is 3. The van der Waals surface area contributed by atoms with Crippen LogP contribution in [0.1, 0.15) is 12.5 Å². The molecule has 2 aromatic heterocycles. The Morgan fingerprint density at radius 3 is 2.70 bits per heavy atom. The number of pyridine rings is 1. The normalized spacial score (nSPS) is 11.2. The molecule has 0 atom stereocenters. The number of hydrogen-bond donors (Lipinski definition) is 0. The van der Waals surface area contributed by atoms with Crippen molar-refractivity contribution in [1.29, 1.82) is 0 Å². The number of aromatic nitrogens is 3. The smallest absolute Gasteiger partial charge is 0.253 e. The second-order valence-corrected chi connectivity index (χ2v) is 5.00. The van der Waals surface area contributed by atoms with Gasteiger partial charge in [0.05, 0.1) is 11.0 Å². The Balaban J connectivity index is 2.32. The molecule has 2 heterocycles. The molecule has 0 aliphatic heterocycles. The summed E-state index contributed by atoms with van der Waals surface area (Å²) in [5, 5.41) is 0. The summed E-state index contributed by atoms with van der Waals surface area (Å²) in [6, 6.07) is 10.0. The van der Waals surface area contributed by atoms with Crippen molar-refractivity contribution < 1.29 is 0 Å². The van der Waals surface area contributed by atoms with Gasteiger partial charge in [0.2, 0.25) is 0 Å². The highest BCUT2D eigenvalue weighted by molar-refractivity contribution is 5.80. The van der Waals surface area contributed by atoms with Gasteiger partial charge in [-0.3, -0.25) is 4.79 Å². The van der Waals surface area contributed by atoms with E-state index in [1.165, 1.54) is 0 Å². The van der Waals surface area contributed by atoms with Gasteiger partial charge in [-0.1, -0.05) is 12.1 Å². The van der Waals surface area contributed by atoms with Crippen LogP contribution in [0.2, 0.25) is 0 Å². The van der Waals surface area contributed by atoms with Crippen molar-refractivity contribution >= 4 is 11.0 Å². The molecule has 1 aromatic carbocycles. The molecule has 0 bridgehead atoms. The third kappa shape index (κ3) is 1.84. The fraction of sp³-hybridized carbons (Fsp3) is 0.250. The molecule has 0 N–H and O–H groups in total. The molecular weight excluding hydrogens is 250 g/mol. The summed E-state index contributed by atoms with van der Waals surface area (Å²) in [6.45, 7) is 4.79. The molecule has 3 aromatic rings. The Morgan fingerprint density at radius 1 is 1.25 bits per heavy atom. The topological polar surface area (TPSA) is 39.8 Å². The Kier molecular flexibility index (Phi) is 2.93. The van der Waals surface area contributed by atoms with Crippen LogP contribution >= 0.6 is 0 Å². The molecule has 0 saturated heterocycles. The van der Waals surface area contributed by atoms with Crippen molar-refractivity contribution in [3.8, 4) is 11.4 Å². The summed E-state index contributed by atoms with van der Waals surface area (Å²) in [4.78, 5) is 16.5. The molecule has 20 heavy (non-hydrogen) atoms. The zero-order chi connectivity index (χ0) is 14.3. The lowest BCUT2D eigenvalue weighted by Gasteiger charge is -2.08. The predicted molar refractivity (Wildman–Crippen MR) is 80.8 cm³/mol. The van der Waals surface area contributed by atoms with E-state index >= 15 is 0 Å². The van der Waals surface area contributed by atoms with Gasteiger partial charge in [0.15, 0.2) is 0 Å². The second kappa shape index (κ2) is 4.63. The van der Waals surface area contributed by atoms with Crippen LogP contribution in [-0.4, -0.2) is 14.1 Å². The SMILES string of the molecule is CCn1c(-c2cc(C)c(=O)n(C)c2)nc2ccccc21. The van der Waals surface area contributed by atoms with Crippen LogP contribution < -0.4 is 5.56 Å². The lowest BCUT2D eigenvalue weighted by Crippen LogP contribution is -2.18. The number of hydrogen-bond acceptors (Lipinski definition) is 2. The summed E-state index contributed by atoms with van der Waals surface area (Å²) >= 11 is 0. The lowest BCUT2D eigenvalue weighted by molar-refractivity contribution is 0.789. The summed E-state index contributed by atoms with van der Waals surface area (Å²) in [5.74, 6) is 0.910. The molecule has 0 saturated carbocycles. The number of para-hydroxylation sites is 2. The van der Waals surface area contributed by atoms with E-state index in [9.17, 15) is 4.79 Å². The van der Waals surface area contributed by atoms with E-state index in [-0.39, 0.29) is 5.56 Å². The Bertz CT molecular complexity index is 816. The van der Waals surface area contributed by atoms with E-state index in [2.05, 4.69) is 17.6 Å². The van der Waals surface area contributed by atoms with E-state index in [0.717, 1.165) is 34.5 Å². The van der Waals surface area contributed by atoms with Gasteiger partial charge < -0.3 is 9.13 Å². The molecule has 3 rings (SSSR count). The third-order valence-electron chi connectivity index (χ3n) is 3.59. The zero-order valence-corrected chi connectivity index (χ0v) is 11.9. The molecule has 102 valence electrons. The molecule has 0 aliphatic rings. The Labute approximate surface area is 117 Å². The van der Waals surface area contributed by atoms with E-state index in [1.807, 2.05) is 37.4 Å². The second-order valence-electron chi connectivity index (χ2n) is 5.00. The van der Waals surface area contributed by atoms with Crippen molar-refractivity contribution in [2.45, 2.75) is 20.4 Å². The van der Waals surface area contributed by atoms with Crippen molar-refractivity contribution in [2.75, 3.05) is 0 Å². The molecule has 4 nitrogen and oxygen atoms in total. The highest BCUT2D eigenvalue weighted by atomic mass is 16.1. The van der Waals surface area contributed by atoms with Crippen molar-refractivity contribution in [1.82, 2.24) is 14.1 Å². The van der Waals surface area contributed by atoms with E-state index in [1.54, 1.807) is 11.6 Å². The highest BCUT2D eigenvalue weighted by Gasteiger charge is 2.12. The van der Waals surface area contributed by atoms with Gasteiger partial charge in [0.1, 0.15) is 5.82 Å². The van der Waals surface area contributed by atoms with Gasteiger partial charge in [0, 0.05) is 30.9 Å². The molecular formula is C16H17N3O. The number of fused-ring (bicyclic) bond motifs is 1. The first-order valence-electron chi connectivity index (χ1n) is 6.74. The maximum absolute atomic E-state index is 11.8. The van der Waals surface area contributed by atoms with Gasteiger partial charge >= 0.3 is 0 Å². The zero-order valence-electron chi connectivity index (χ0n) is 11.9. The molecule has 0 radical (unpaired) electrons. The number of nitrogens with zero attached hydrogens (tertiary/aromatic N) is 3. The average molecular weight is 267 g/mol. The van der Waals surface area contributed by atoms with Crippen LogP contribution in [-0.2, 0) is 13.6 Å². The van der Waals surface area contributed by atoms with Gasteiger partial charge in [0.25, 0.3) is 5.56 Å². The van der Waals surface area contributed by atoms with Crippen LogP contribution in [0.3, 0.4) is 0 Å². The van der Waals surface area contributed by atoms with Gasteiger partial charge in [-0.05, 0) is 32.0 Å². The van der Waals surface area contributed by atoms with Crippen molar-refractivity contribution in [2.24, 2.45) is 7.05 Å². The summed E-state index contributed by atoms with van der Waals surface area (Å²) in [5.41, 5.74) is 3.85. The van der Waals surface area contributed by atoms with Crippen LogP contribution in [0.25, 0.3) is 22.4 Å². The molecule has 0 spiro atoms. The van der Waals surface area contributed by atoms with E-state index in [4.69, 9.17) is 4.98 Å². The maximum Gasteiger partial charge on any atom is 0.253 e. The Hall–Kier alpha value is -2.36. The fourth-order valence-electron chi connectivity index (χ4n) is 2.62. The largest absolute Gasteiger partial charge is 0.324 e. The Morgan fingerprint density at radius 2 is 2.00 bits per heavy atom. The molecule has 0 aliphatic carbocycles. The highest BCUT2D eigenvalue weighted by Crippen LogP contribution is 2.24. The minimum Gasteiger partial charge on any atom is -0.324 e. The van der Waals surface area contributed by atoms with Gasteiger partial charge in [-0.2, -0.15) is 0 Å². The van der Waals surface area contributed by atoms with Crippen molar-refractivity contribution in [3.63, 3.8) is 0 Å². The van der Waals surface area contributed by atoms with Crippen LogP contribution in [0, 0.1) is 6.92 Å². The standard InChI is InChI=1S/C16H17N3O/c1-4-19-14-8-6-5-7-13(14)17-15(19)12-9-11(2)16(20)18(3)10-12/h5-10H,4H2,1-3H3. The third-order valence-corrected chi connectivity index (χ3v) is 3.59. The number of imidazole rings is 1. The van der Waals surface area contributed by atoms with E-state index < -0.39 is 0 Å². The maximum atomic E-state index is 11.8. The average Bonchev–Trinajstić information content (AvgIpc) is 2.82. The quantitative estimate of drug-likeness (QED) is 0.716. The predicted octanol–water partition coefficient (Wildman–Crippen LogP) is 2.73. The molecule has 0 fully saturated rings. The number of rotatable bonds is 2. The first-order chi connectivity index (χ1) is 9.61. The van der Waals surface area contributed by atoms with E-state index in [0.29, 0.717) is 0 Å². The lowest BCUT2D eigenvalue weighted by atomic mass is 10.2. The fourth-order valence-corrected chi connectivity index (χ4v) is 2.62. The van der Waals surface area contributed by atoms with Crippen molar-refractivity contribution in [3.05, 3.63) is 52.4 Å². The van der Waals surface area contributed by atoms with Gasteiger partial charge in [-0.15, -0.1) is 0 Å². The summed E-state index contributed by atoms with van der Waals surface area (Å²) in [7, 11) is 1.78.